The molecule has 6 nitrogen and oxygen atoms in total. The molecule has 0 aliphatic heterocycles. The van der Waals surface area contributed by atoms with Crippen LogP contribution < -0.4 is 15.7 Å². The van der Waals surface area contributed by atoms with Crippen molar-refractivity contribution in [2.45, 2.75) is 19.9 Å². The minimum Gasteiger partial charge on any atom is -0.497 e. The van der Waals surface area contributed by atoms with Crippen LogP contribution in [0.15, 0.2) is 35.1 Å². The largest absolute Gasteiger partial charge is 0.497 e. The molecule has 0 aliphatic rings. The fourth-order valence-electron chi connectivity index (χ4n) is 1.85. The average Bonchev–Trinajstić information content (AvgIpc) is 2.46. The number of amides is 1. The summed E-state index contributed by atoms with van der Waals surface area (Å²) in [5, 5.41) is 2.73. The first-order valence-corrected chi connectivity index (χ1v) is 6.56. The van der Waals surface area contributed by atoms with Gasteiger partial charge in [-0.2, -0.15) is 4.98 Å². The van der Waals surface area contributed by atoms with E-state index in [-0.39, 0.29) is 17.6 Å². The highest BCUT2D eigenvalue weighted by Crippen LogP contribution is 2.21. The van der Waals surface area contributed by atoms with Crippen molar-refractivity contribution < 1.29 is 9.53 Å². The summed E-state index contributed by atoms with van der Waals surface area (Å²) < 4.78 is 5.14. The van der Waals surface area contributed by atoms with Crippen LogP contribution in [0.25, 0.3) is 11.3 Å². The lowest BCUT2D eigenvalue weighted by Crippen LogP contribution is -2.32. The van der Waals surface area contributed by atoms with Gasteiger partial charge in [-0.15, -0.1) is 0 Å². The van der Waals surface area contributed by atoms with E-state index in [0.717, 1.165) is 0 Å². The van der Waals surface area contributed by atoms with E-state index in [1.54, 1.807) is 37.4 Å². The lowest BCUT2D eigenvalue weighted by atomic mass is 10.1. The number of aromatic amines is 1. The molecule has 0 unspecified atom stereocenters. The van der Waals surface area contributed by atoms with Gasteiger partial charge in [0.25, 0.3) is 5.91 Å². The van der Waals surface area contributed by atoms with Crippen molar-refractivity contribution >= 4 is 5.91 Å². The number of nitrogens with zero attached hydrogens (tertiary/aromatic N) is 1. The van der Waals surface area contributed by atoms with Crippen molar-refractivity contribution in [2.24, 2.45) is 0 Å². The van der Waals surface area contributed by atoms with Crippen molar-refractivity contribution in [2.75, 3.05) is 7.11 Å². The Balaban J connectivity index is 2.43. The molecule has 1 heterocycles. The minimum absolute atomic E-state index is 0.0190. The Hall–Kier alpha value is -2.63. The molecule has 1 amide bonds. The van der Waals surface area contributed by atoms with E-state index in [0.29, 0.717) is 17.0 Å². The predicted octanol–water partition coefficient (Wildman–Crippen LogP) is 1.58. The molecule has 2 N–H and O–H groups in total. The molecular weight excluding hydrogens is 270 g/mol. The molecule has 0 fully saturated rings. The predicted molar refractivity (Wildman–Crippen MR) is 79.4 cm³/mol. The maximum absolute atomic E-state index is 12.0. The van der Waals surface area contributed by atoms with Crippen molar-refractivity contribution in [3.63, 3.8) is 0 Å². The van der Waals surface area contributed by atoms with Gasteiger partial charge in [-0.25, -0.2) is 4.79 Å². The van der Waals surface area contributed by atoms with Crippen molar-refractivity contribution in [1.82, 2.24) is 15.3 Å². The van der Waals surface area contributed by atoms with Gasteiger partial charge >= 0.3 is 5.69 Å². The molecule has 6 heteroatoms. The number of carbonyl (C=O) groups is 1. The van der Waals surface area contributed by atoms with E-state index < -0.39 is 5.69 Å². The summed E-state index contributed by atoms with van der Waals surface area (Å²) in [7, 11) is 1.56. The molecule has 0 bridgehead atoms. The van der Waals surface area contributed by atoms with Crippen molar-refractivity contribution in [3.8, 4) is 17.0 Å². The Bertz CT molecular complexity index is 707. The zero-order valence-corrected chi connectivity index (χ0v) is 12.1. The van der Waals surface area contributed by atoms with Crippen LogP contribution in [-0.4, -0.2) is 29.0 Å². The number of carbonyl (C=O) groups excluding carboxylic acids is 1. The third-order valence-electron chi connectivity index (χ3n) is 2.77. The Kier molecular flexibility index (Phi) is 4.37. The molecule has 0 spiro atoms. The SMILES string of the molecule is COc1cccc(-c2cc(C(=O)NC(C)C)[nH]c(=O)n2)c1. The molecule has 2 aromatic rings. The number of benzene rings is 1. The molecule has 0 radical (unpaired) electrons. The van der Waals surface area contributed by atoms with Gasteiger partial charge in [-0.05, 0) is 32.0 Å². The number of hydrogen-bond acceptors (Lipinski definition) is 4. The highest BCUT2D eigenvalue weighted by atomic mass is 16.5. The fraction of sp³-hybridized carbons (Fsp3) is 0.267. The lowest BCUT2D eigenvalue weighted by Gasteiger charge is -2.09. The topological polar surface area (TPSA) is 84.1 Å². The summed E-state index contributed by atoms with van der Waals surface area (Å²) in [6.45, 7) is 3.69. The molecule has 1 aromatic heterocycles. The van der Waals surface area contributed by atoms with E-state index in [2.05, 4.69) is 15.3 Å². The Morgan fingerprint density at radius 1 is 1.33 bits per heavy atom. The van der Waals surface area contributed by atoms with E-state index in [1.165, 1.54) is 0 Å². The monoisotopic (exact) mass is 287 g/mol. The first kappa shape index (κ1) is 14.8. The van der Waals surface area contributed by atoms with Crippen LogP contribution in [0, 0.1) is 0 Å². The van der Waals surface area contributed by atoms with Gasteiger partial charge < -0.3 is 15.0 Å². The lowest BCUT2D eigenvalue weighted by molar-refractivity contribution is 0.0937. The van der Waals surface area contributed by atoms with Crippen LogP contribution in [0.5, 0.6) is 5.75 Å². The van der Waals surface area contributed by atoms with Gasteiger partial charge in [0.15, 0.2) is 0 Å². The van der Waals surface area contributed by atoms with Crippen LogP contribution in [0.2, 0.25) is 0 Å². The maximum Gasteiger partial charge on any atom is 0.346 e. The van der Waals surface area contributed by atoms with E-state index in [9.17, 15) is 9.59 Å². The number of H-pyrrole nitrogens is 1. The van der Waals surface area contributed by atoms with Crippen LogP contribution >= 0.6 is 0 Å². The molecule has 0 aliphatic carbocycles. The van der Waals surface area contributed by atoms with Crippen LogP contribution in [0.1, 0.15) is 24.3 Å². The molecule has 21 heavy (non-hydrogen) atoms. The summed E-state index contributed by atoms with van der Waals surface area (Å²) >= 11 is 0. The summed E-state index contributed by atoms with van der Waals surface area (Å²) in [6.07, 6.45) is 0. The number of ether oxygens (including phenoxy) is 1. The summed E-state index contributed by atoms with van der Waals surface area (Å²) in [5.41, 5.74) is 0.747. The fourth-order valence-corrected chi connectivity index (χ4v) is 1.85. The van der Waals surface area contributed by atoms with Gasteiger partial charge in [0, 0.05) is 11.6 Å². The van der Waals surface area contributed by atoms with Crippen molar-refractivity contribution in [3.05, 3.63) is 46.5 Å². The van der Waals surface area contributed by atoms with Gasteiger partial charge in [0.05, 0.1) is 12.8 Å². The maximum atomic E-state index is 12.0. The molecular formula is C15H17N3O3. The van der Waals surface area contributed by atoms with Crippen LogP contribution in [-0.2, 0) is 0 Å². The Morgan fingerprint density at radius 2 is 2.10 bits per heavy atom. The second kappa shape index (κ2) is 6.21. The second-order valence-electron chi connectivity index (χ2n) is 4.85. The van der Waals surface area contributed by atoms with Crippen LogP contribution in [0.3, 0.4) is 0 Å². The molecule has 1 aromatic carbocycles. The molecule has 110 valence electrons. The standard InChI is InChI=1S/C15H17N3O3/c1-9(2)16-14(19)13-8-12(17-15(20)18-13)10-5-4-6-11(7-10)21-3/h4-9H,1-3H3,(H,16,19)(H,17,18,20). The molecule has 2 rings (SSSR count). The molecule has 0 saturated carbocycles. The zero-order valence-electron chi connectivity index (χ0n) is 12.1. The Labute approximate surface area is 122 Å². The quantitative estimate of drug-likeness (QED) is 0.894. The number of aromatic nitrogens is 2. The number of hydrogen-bond donors (Lipinski definition) is 2. The third kappa shape index (κ3) is 3.68. The number of methoxy groups -OCH3 is 1. The zero-order chi connectivity index (χ0) is 15.4. The van der Waals surface area contributed by atoms with E-state index in [4.69, 9.17) is 4.74 Å². The highest BCUT2D eigenvalue weighted by molar-refractivity contribution is 5.93. The summed E-state index contributed by atoms with van der Waals surface area (Å²) in [4.78, 5) is 30.0. The Morgan fingerprint density at radius 3 is 2.76 bits per heavy atom. The first-order valence-electron chi connectivity index (χ1n) is 6.56. The smallest absolute Gasteiger partial charge is 0.346 e. The normalized spacial score (nSPS) is 10.5. The van der Waals surface area contributed by atoms with Gasteiger partial charge in [0.2, 0.25) is 0 Å². The molecule has 0 saturated heterocycles. The van der Waals surface area contributed by atoms with Crippen LogP contribution in [0.4, 0.5) is 0 Å². The van der Waals surface area contributed by atoms with E-state index in [1.807, 2.05) is 13.8 Å². The van der Waals surface area contributed by atoms with Gasteiger partial charge in [0.1, 0.15) is 11.4 Å². The molecule has 0 atom stereocenters. The summed E-state index contributed by atoms with van der Waals surface area (Å²) in [6, 6.07) is 8.68. The first-order chi connectivity index (χ1) is 9.99. The van der Waals surface area contributed by atoms with E-state index >= 15 is 0 Å². The van der Waals surface area contributed by atoms with Crippen molar-refractivity contribution in [1.29, 1.82) is 0 Å². The third-order valence-corrected chi connectivity index (χ3v) is 2.77. The second-order valence-corrected chi connectivity index (χ2v) is 4.85. The average molecular weight is 287 g/mol. The number of rotatable bonds is 4. The van der Waals surface area contributed by atoms with Gasteiger partial charge in [-0.3, -0.25) is 4.79 Å². The highest BCUT2D eigenvalue weighted by Gasteiger charge is 2.11. The number of nitrogens with one attached hydrogen (secondary N) is 2. The summed E-state index contributed by atoms with van der Waals surface area (Å²) in [5.74, 6) is 0.316. The van der Waals surface area contributed by atoms with Gasteiger partial charge in [-0.1, -0.05) is 12.1 Å². The minimum atomic E-state index is -0.566.